The molecule has 3 rings (SSSR count). The number of hydrogen-bond donors (Lipinski definition) is 2. The molecular formula is C17H20N2O3. The van der Waals surface area contributed by atoms with E-state index in [0.717, 1.165) is 29.3 Å². The maximum atomic E-state index is 12.3. The number of aryl methyl sites for hydroxylation is 1. The average Bonchev–Trinajstić information content (AvgIpc) is 3.07. The lowest BCUT2D eigenvalue weighted by molar-refractivity contribution is -0.147. The summed E-state index contributed by atoms with van der Waals surface area (Å²) in [7, 11) is 1.94. The molecule has 1 fully saturated rings. The quantitative estimate of drug-likeness (QED) is 0.909. The zero-order chi connectivity index (χ0) is 15.7. The Morgan fingerprint density at radius 3 is 2.64 bits per heavy atom. The highest BCUT2D eigenvalue weighted by atomic mass is 16.4. The summed E-state index contributed by atoms with van der Waals surface area (Å²) in [6.07, 6.45) is 4.87. The highest BCUT2D eigenvalue weighted by Gasteiger charge is 2.42. The van der Waals surface area contributed by atoms with Crippen molar-refractivity contribution in [1.29, 1.82) is 0 Å². The molecule has 116 valence electrons. The Labute approximate surface area is 128 Å². The van der Waals surface area contributed by atoms with E-state index in [0.29, 0.717) is 12.8 Å². The third-order valence-electron chi connectivity index (χ3n) is 4.58. The first-order valence-corrected chi connectivity index (χ1v) is 7.59. The number of carboxylic acid groups (broad SMARTS) is 1. The molecule has 22 heavy (non-hydrogen) atoms. The maximum absolute atomic E-state index is 12.3. The second kappa shape index (κ2) is 5.48. The maximum Gasteiger partial charge on any atom is 0.329 e. The van der Waals surface area contributed by atoms with Crippen LogP contribution in [-0.4, -0.2) is 27.1 Å². The highest BCUT2D eigenvalue weighted by molar-refractivity contribution is 5.92. The lowest BCUT2D eigenvalue weighted by Crippen LogP contribution is -2.52. The van der Waals surface area contributed by atoms with Crippen LogP contribution in [0.15, 0.2) is 30.5 Å². The number of aliphatic carboxylic acids is 1. The van der Waals surface area contributed by atoms with Gasteiger partial charge in [-0.2, -0.15) is 0 Å². The molecule has 2 N–H and O–H groups in total. The summed E-state index contributed by atoms with van der Waals surface area (Å²) in [6.45, 7) is 0. The lowest BCUT2D eigenvalue weighted by Gasteiger charge is -2.25. The minimum absolute atomic E-state index is 0.205. The van der Waals surface area contributed by atoms with Crippen LogP contribution >= 0.6 is 0 Å². The molecule has 0 bridgehead atoms. The molecule has 1 aliphatic carbocycles. The molecule has 0 radical (unpaired) electrons. The standard InChI is InChI=1S/C17H20N2O3/c1-19-11-12(13-6-2-3-7-14(13)19)10-15(20)18-17(16(21)22)8-4-5-9-17/h2-3,6-7,11H,4-5,8-10H2,1H3,(H,18,20)(H,21,22). The van der Waals surface area contributed by atoms with Crippen LogP contribution in [0.25, 0.3) is 10.9 Å². The van der Waals surface area contributed by atoms with Gasteiger partial charge in [0.2, 0.25) is 5.91 Å². The fourth-order valence-corrected chi connectivity index (χ4v) is 3.42. The van der Waals surface area contributed by atoms with Gasteiger partial charge >= 0.3 is 5.97 Å². The fraction of sp³-hybridized carbons (Fsp3) is 0.412. The van der Waals surface area contributed by atoms with E-state index in [1.165, 1.54) is 0 Å². The van der Waals surface area contributed by atoms with Gasteiger partial charge in [0.25, 0.3) is 0 Å². The largest absolute Gasteiger partial charge is 0.480 e. The van der Waals surface area contributed by atoms with E-state index in [1.54, 1.807) is 0 Å². The van der Waals surface area contributed by atoms with Crippen molar-refractivity contribution >= 4 is 22.8 Å². The number of nitrogens with one attached hydrogen (secondary N) is 1. The molecule has 0 unspecified atom stereocenters. The van der Waals surface area contributed by atoms with Gasteiger partial charge in [0.1, 0.15) is 5.54 Å². The number of para-hydroxylation sites is 1. The van der Waals surface area contributed by atoms with Gasteiger partial charge in [-0.3, -0.25) is 4.79 Å². The van der Waals surface area contributed by atoms with Crippen molar-refractivity contribution in [3.05, 3.63) is 36.0 Å². The molecule has 1 amide bonds. The van der Waals surface area contributed by atoms with Gasteiger partial charge in [0.15, 0.2) is 0 Å². The third-order valence-corrected chi connectivity index (χ3v) is 4.58. The second-order valence-corrected chi connectivity index (χ2v) is 6.10. The van der Waals surface area contributed by atoms with Gasteiger partial charge in [-0.05, 0) is 24.5 Å². The van der Waals surface area contributed by atoms with Gasteiger partial charge in [0.05, 0.1) is 6.42 Å². The normalized spacial score (nSPS) is 16.8. The summed E-state index contributed by atoms with van der Waals surface area (Å²) >= 11 is 0. The van der Waals surface area contributed by atoms with Gasteiger partial charge in [0, 0.05) is 24.1 Å². The molecule has 0 aliphatic heterocycles. The lowest BCUT2D eigenvalue weighted by atomic mass is 9.97. The zero-order valence-corrected chi connectivity index (χ0v) is 12.6. The van der Waals surface area contributed by atoms with E-state index in [2.05, 4.69) is 5.32 Å². The van der Waals surface area contributed by atoms with Crippen molar-refractivity contribution in [3.63, 3.8) is 0 Å². The van der Waals surface area contributed by atoms with Gasteiger partial charge in [-0.15, -0.1) is 0 Å². The number of carbonyl (C=O) groups excluding carboxylic acids is 1. The van der Waals surface area contributed by atoms with E-state index in [4.69, 9.17) is 0 Å². The number of benzene rings is 1. The summed E-state index contributed by atoms with van der Waals surface area (Å²) in [5.41, 5.74) is 0.926. The van der Waals surface area contributed by atoms with Crippen LogP contribution < -0.4 is 5.32 Å². The first-order valence-electron chi connectivity index (χ1n) is 7.59. The first kappa shape index (κ1) is 14.6. The van der Waals surface area contributed by atoms with Crippen molar-refractivity contribution in [3.8, 4) is 0 Å². The minimum Gasteiger partial charge on any atom is -0.480 e. The first-order chi connectivity index (χ1) is 10.5. The van der Waals surface area contributed by atoms with Gasteiger partial charge < -0.3 is 15.0 Å². The van der Waals surface area contributed by atoms with Crippen molar-refractivity contribution < 1.29 is 14.7 Å². The Morgan fingerprint density at radius 2 is 1.95 bits per heavy atom. The van der Waals surface area contributed by atoms with Crippen LogP contribution in [0.2, 0.25) is 0 Å². The van der Waals surface area contributed by atoms with Crippen molar-refractivity contribution in [1.82, 2.24) is 9.88 Å². The number of rotatable bonds is 4. The SMILES string of the molecule is Cn1cc(CC(=O)NC2(C(=O)O)CCCC2)c2ccccc21. The summed E-state index contributed by atoms with van der Waals surface area (Å²) in [5.74, 6) is -1.14. The summed E-state index contributed by atoms with van der Waals surface area (Å²) < 4.78 is 1.99. The van der Waals surface area contributed by atoms with Crippen LogP contribution in [-0.2, 0) is 23.1 Å². The average molecular weight is 300 g/mol. The Balaban J connectivity index is 1.80. The fourth-order valence-electron chi connectivity index (χ4n) is 3.42. The van der Waals surface area contributed by atoms with Crippen LogP contribution in [0.5, 0.6) is 0 Å². The zero-order valence-electron chi connectivity index (χ0n) is 12.6. The monoisotopic (exact) mass is 300 g/mol. The second-order valence-electron chi connectivity index (χ2n) is 6.10. The third kappa shape index (κ3) is 2.47. The molecule has 1 aromatic carbocycles. The Kier molecular flexibility index (Phi) is 3.64. The number of amides is 1. The van der Waals surface area contributed by atoms with Gasteiger partial charge in [-0.25, -0.2) is 4.79 Å². The Morgan fingerprint density at radius 1 is 1.27 bits per heavy atom. The molecule has 0 atom stereocenters. The minimum atomic E-state index is -1.07. The Hall–Kier alpha value is -2.30. The van der Waals surface area contributed by atoms with Crippen molar-refractivity contribution in [2.24, 2.45) is 7.05 Å². The molecule has 0 saturated heterocycles. The van der Waals surface area contributed by atoms with E-state index in [9.17, 15) is 14.7 Å². The number of hydrogen-bond acceptors (Lipinski definition) is 2. The van der Waals surface area contributed by atoms with E-state index in [1.807, 2.05) is 42.1 Å². The summed E-state index contributed by atoms with van der Waals surface area (Å²) in [6, 6.07) is 7.90. The summed E-state index contributed by atoms with van der Waals surface area (Å²) in [5, 5.41) is 13.2. The molecule has 1 saturated carbocycles. The Bertz CT molecular complexity index is 727. The van der Waals surface area contributed by atoms with Crippen LogP contribution in [0.4, 0.5) is 0 Å². The summed E-state index contributed by atoms with van der Waals surface area (Å²) in [4.78, 5) is 23.9. The molecule has 2 aromatic rings. The molecule has 0 spiro atoms. The van der Waals surface area contributed by atoms with E-state index < -0.39 is 11.5 Å². The topological polar surface area (TPSA) is 71.3 Å². The number of aromatic nitrogens is 1. The van der Waals surface area contributed by atoms with E-state index in [-0.39, 0.29) is 12.3 Å². The van der Waals surface area contributed by atoms with Crippen molar-refractivity contribution in [2.45, 2.75) is 37.6 Å². The number of carboxylic acids is 1. The smallest absolute Gasteiger partial charge is 0.329 e. The molecule has 1 aromatic heterocycles. The predicted octanol–water partition coefficient (Wildman–Crippen LogP) is 2.23. The molecule has 1 heterocycles. The van der Waals surface area contributed by atoms with Crippen LogP contribution in [0, 0.1) is 0 Å². The van der Waals surface area contributed by atoms with Gasteiger partial charge in [-0.1, -0.05) is 31.0 Å². The molecule has 5 nitrogen and oxygen atoms in total. The predicted molar refractivity (Wildman–Crippen MR) is 83.6 cm³/mol. The van der Waals surface area contributed by atoms with E-state index >= 15 is 0 Å². The van der Waals surface area contributed by atoms with Crippen molar-refractivity contribution in [2.75, 3.05) is 0 Å². The number of nitrogens with zero attached hydrogens (tertiary/aromatic N) is 1. The molecule has 5 heteroatoms. The molecular weight excluding hydrogens is 280 g/mol. The van der Waals surface area contributed by atoms with Crippen LogP contribution in [0.3, 0.4) is 0 Å². The number of carbonyl (C=O) groups is 2. The molecule has 1 aliphatic rings. The number of fused-ring (bicyclic) bond motifs is 1. The van der Waals surface area contributed by atoms with Crippen LogP contribution in [0.1, 0.15) is 31.2 Å². The highest BCUT2D eigenvalue weighted by Crippen LogP contribution is 2.30.